The van der Waals surface area contributed by atoms with E-state index in [-0.39, 0.29) is 6.04 Å². The van der Waals surface area contributed by atoms with Gasteiger partial charge in [-0.15, -0.1) is 0 Å². The van der Waals surface area contributed by atoms with Gasteiger partial charge in [0, 0.05) is 50.0 Å². The second-order valence-electron chi connectivity index (χ2n) is 8.42. The maximum Gasteiger partial charge on any atom is 0.129 e. The molecule has 0 amide bonds. The van der Waals surface area contributed by atoms with E-state index in [1.165, 1.54) is 0 Å². The van der Waals surface area contributed by atoms with Gasteiger partial charge in [-0.3, -0.25) is 9.88 Å². The van der Waals surface area contributed by atoms with E-state index >= 15 is 0 Å². The number of imidazole rings is 1. The molecule has 3 heterocycles. The lowest BCUT2D eigenvalue weighted by atomic mass is 9.85. The highest BCUT2D eigenvalue weighted by molar-refractivity contribution is 6.30. The number of nitrogens with one attached hydrogen (secondary N) is 1. The molecule has 1 aromatic carbocycles. The van der Waals surface area contributed by atoms with Gasteiger partial charge >= 0.3 is 0 Å². The number of nitrogens with zero attached hydrogens (tertiary/aromatic N) is 4. The largest absolute Gasteiger partial charge is 0.379 e. The highest BCUT2D eigenvalue weighted by Gasteiger charge is 2.38. The van der Waals surface area contributed by atoms with Gasteiger partial charge in [0.15, 0.2) is 0 Å². The third-order valence-electron chi connectivity index (χ3n) is 6.39. The van der Waals surface area contributed by atoms with Gasteiger partial charge in [-0.25, -0.2) is 4.98 Å². The molecule has 1 saturated heterocycles. The first kappa shape index (κ1) is 20.4. The van der Waals surface area contributed by atoms with Crippen LogP contribution >= 0.6 is 11.6 Å². The number of aryl methyl sites for hydroxylation is 1. The molecule has 1 fully saturated rings. The van der Waals surface area contributed by atoms with Crippen molar-refractivity contribution in [2.45, 2.75) is 18.6 Å². The van der Waals surface area contributed by atoms with Crippen molar-refractivity contribution >= 4 is 23.3 Å². The monoisotopic (exact) mass is 435 g/mol. The molecule has 3 aromatic rings. The van der Waals surface area contributed by atoms with Crippen molar-refractivity contribution in [1.29, 1.82) is 0 Å². The molecule has 1 aliphatic heterocycles. The van der Waals surface area contributed by atoms with E-state index in [0.29, 0.717) is 5.02 Å². The fourth-order valence-electron chi connectivity index (χ4n) is 4.84. The third kappa shape index (κ3) is 3.49. The first-order chi connectivity index (χ1) is 15.0. The summed E-state index contributed by atoms with van der Waals surface area (Å²) in [5, 5.41) is 15.9. The van der Waals surface area contributed by atoms with Gasteiger partial charge in [-0.2, -0.15) is 0 Å². The fourth-order valence-corrected chi connectivity index (χ4v) is 5.02. The Bertz CT molecular complexity index is 1150. The average molecular weight is 436 g/mol. The Kier molecular flexibility index (Phi) is 5.18. The van der Waals surface area contributed by atoms with Crippen LogP contribution in [0.15, 0.2) is 49.1 Å². The van der Waals surface area contributed by atoms with Crippen LogP contribution in [0.5, 0.6) is 0 Å². The molecule has 7 heteroatoms. The Morgan fingerprint density at radius 1 is 1.23 bits per heavy atom. The van der Waals surface area contributed by atoms with Crippen LogP contribution in [0, 0.1) is 0 Å². The van der Waals surface area contributed by atoms with Crippen molar-refractivity contribution in [3.63, 3.8) is 0 Å². The zero-order chi connectivity index (χ0) is 21.6. The molecule has 0 spiro atoms. The number of fused-ring (bicyclic) bond motifs is 2. The van der Waals surface area contributed by atoms with Crippen LogP contribution in [0.25, 0.3) is 11.6 Å². The minimum Gasteiger partial charge on any atom is -0.379 e. The zero-order valence-electron chi connectivity index (χ0n) is 17.7. The van der Waals surface area contributed by atoms with E-state index in [9.17, 15) is 5.11 Å². The molecule has 2 N–H and O–H groups in total. The molecule has 0 saturated carbocycles. The average Bonchev–Trinajstić information content (AvgIpc) is 3.15. The van der Waals surface area contributed by atoms with E-state index in [1.54, 1.807) is 12.5 Å². The molecule has 6 nitrogen and oxygen atoms in total. The number of hydrogen-bond acceptors (Lipinski definition) is 5. The fraction of sp³-hybridized carbons (Fsp3) is 0.333. The quantitative estimate of drug-likeness (QED) is 0.661. The van der Waals surface area contributed by atoms with E-state index in [1.807, 2.05) is 42.9 Å². The predicted octanol–water partition coefficient (Wildman–Crippen LogP) is 3.22. The normalized spacial score (nSPS) is 20.9. The van der Waals surface area contributed by atoms with Gasteiger partial charge in [0.25, 0.3) is 0 Å². The van der Waals surface area contributed by atoms with E-state index in [2.05, 4.69) is 33.4 Å². The Balaban J connectivity index is 1.77. The molecule has 31 heavy (non-hydrogen) atoms. The Hall–Kier alpha value is -2.51. The van der Waals surface area contributed by atoms with E-state index in [0.717, 1.165) is 59.8 Å². The minimum absolute atomic E-state index is 0.0124. The Morgan fingerprint density at radius 3 is 2.77 bits per heavy atom. The predicted molar refractivity (Wildman–Crippen MR) is 123 cm³/mol. The number of aliphatic hydroxyl groups is 1. The molecule has 2 aliphatic rings. The first-order valence-electron chi connectivity index (χ1n) is 10.6. The van der Waals surface area contributed by atoms with Crippen molar-refractivity contribution in [2.24, 2.45) is 7.05 Å². The maximum absolute atomic E-state index is 11.8. The number of hydrogen-bond donors (Lipinski definition) is 2. The van der Waals surface area contributed by atoms with Gasteiger partial charge in [0.2, 0.25) is 0 Å². The summed E-state index contributed by atoms with van der Waals surface area (Å²) in [7, 11) is 1.90. The van der Waals surface area contributed by atoms with Gasteiger partial charge in [-0.1, -0.05) is 23.7 Å². The summed E-state index contributed by atoms with van der Waals surface area (Å²) >= 11 is 6.42. The van der Waals surface area contributed by atoms with Crippen LogP contribution < -0.4 is 5.32 Å². The molecule has 5 rings (SSSR count). The lowest BCUT2D eigenvalue weighted by Gasteiger charge is -2.36. The lowest BCUT2D eigenvalue weighted by molar-refractivity contribution is 0.114. The molecular weight excluding hydrogens is 410 g/mol. The smallest absolute Gasteiger partial charge is 0.129 e. The number of rotatable bonds is 3. The topological polar surface area (TPSA) is 66.2 Å². The number of aromatic nitrogens is 3. The van der Waals surface area contributed by atoms with Crippen molar-refractivity contribution < 1.29 is 5.11 Å². The molecule has 1 aliphatic carbocycles. The highest BCUT2D eigenvalue weighted by atomic mass is 35.5. The maximum atomic E-state index is 11.8. The molecule has 1 unspecified atom stereocenters. The van der Waals surface area contributed by atoms with Crippen LogP contribution in [0.4, 0.5) is 0 Å². The third-order valence-corrected chi connectivity index (χ3v) is 6.62. The summed E-state index contributed by atoms with van der Waals surface area (Å²) in [5.41, 5.74) is 4.32. The molecular formula is C24H26ClN5O. The number of halogens is 1. The van der Waals surface area contributed by atoms with Crippen molar-refractivity contribution in [1.82, 2.24) is 24.8 Å². The summed E-state index contributed by atoms with van der Waals surface area (Å²) in [6, 6.07) is 10.0. The Morgan fingerprint density at radius 2 is 2.03 bits per heavy atom. The highest BCUT2D eigenvalue weighted by Crippen LogP contribution is 2.45. The molecule has 2 atom stereocenters. The van der Waals surface area contributed by atoms with Gasteiger partial charge in [-0.05, 0) is 47.9 Å². The Labute approximate surface area is 187 Å². The summed E-state index contributed by atoms with van der Waals surface area (Å²) < 4.78 is 1.86. The summed E-state index contributed by atoms with van der Waals surface area (Å²) in [4.78, 5) is 11.6. The van der Waals surface area contributed by atoms with Crippen molar-refractivity contribution in [2.75, 3.05) is 26.2 Å². The standard InChI is InChI=1S/C24H26ClN5O/c1-24(31,21-14-27-15-29(21)2)20-13-16-12-17(25)5-6-18(16)23(30-10-8-26-9-11-30)22-19(20)4-3-7-28-22/h3-7,12-15,23,26,31H,8-11H2,1-2H3/t23-,24?/m0/s1. The first-order valence-corrected chi connectivity index (χ1v) is 11.0. The molecule has 160 valence electrons. The zero-order valence-corrected chi connectivity index (χ0v) is 18.5. The second-order valence-corrected chi connectivity index (χ2v) is 8.85. The number of piperazine rings is 1. The van der Waals surface area contributed by atoms with Crippen LogP contribution in [0.1, 0.15) is 41.0 Å². The van der Waals surface area contributed by atoms with Crippen molar-refractivity contribution in [3.05, 3.63) is 82.2 Å². The lowest BCUT2D eigenvalue weighted by Crippen LogP contribution is -2.45. The molecule has 0 bridgehead atoms. The van der Waals surface area contributed by atoms with Crippen LogP contribution in [-0.2, 0) is 12.6 Å². The van der Waals surface area contributed by atoms with Crippen molar-refractivity contribution in [3.8, 4) is 0 Å². The van der Waals surface area contributed by atoms with Crippen LogP contribution in [0.3, 0.4) is 0 Å². The van der Waals surface area contributed by atoms with Crippen LogP contribution in [0.2, 0.25) is 5.02 Å². The van der Waals surface area contributed by atoms with E-state index in [4.69, 9.17) is 16.6 Å². The van der Waals surface area contributed by atoms with Gasteiger partial charge in [0.05, 0.1) is 30.0 Å². The summed E-state index contributed by atoms with van der Waals surface area (Å²) in [6.07, 6.45) is 7.33. The van der Waals surface area contributed by atoms with Gasteiger partial charge in [0.1, 0.15) is 5.60 Å². The number of pyridine rings is 1. The summed E-state index contributed by atoms with van der Waals surface area (Å²) in [6.45, 7) is 5.55. The van der Waals surface area contributed by atoms with Gasteiger partial charge < -0.3 is 15.0 Å². The molecule has 2 aromatic heterocycles. The summed E-state index contributed by atoms with van der Waals surface area (Å²) in [5.74, 6) is 0. The van der Waals surface area contributed by atoms with Crippen LogP contribution in [-0.4, -0.2) is 50.7 Å². The SMILES string of the molecule is Cn1cncc1C(C)(O)C1=Cc2cc(Cl)ccc2[C@H](N2CCNCC2)c2ncccc21. The molecule has 0 radical (unpaired) electrons. The number of benzene rings is 1. The van der Waals surface area contributed by atoms with E-state index < -0.39 is 5.60 Å². The second kappa shape index (κ2) is 7.88. The minimum atomic E-state index is -1.26.